The molecule has 2 aromatic rings. The number of benzene rings is 2. The number of rotatable bonds is 7. The molecule has 0 heterocycles. The first-order chi connectivity index (χ1) is 12.7. The smallest absolute Gasteiger partial charge is 0.344 e. The fourth-order valence-corrected chi connectivity index (χ4v) is 3.41. The molecule has 0 saturated carbocycles. The van der Waals surface area contributed by atoms with Gasteiger partial charge in [0.05, 0.1) is 6.61 Å². The largest absolute Gasteiger partial charge is 0.482 e. The van der Waals surface area contributed by atoms with Gasteiger partial charge in [-0.2, -0.15) is 0 Å². The van der Waals surface area contributed by atoms with Gasteiger partial charge in [0.25, 0.3) is 0 Å². The van der Waals surface area contributed by atoms with Gasteiger partial charge in [-0.05, 0) is 61.4 Å². The molecular weight excluding hydrogens is 362 g/mol. The van der Waals surface area contributed by atoms with E-state index in [2.05, 4.69) is 41.7 Å². The van der Waals surface area contributed by atoms with Crippen molar-refractivity contribution in [2.75, 3.05) is 13.2 Å². The molecule has 5 heteroatoms. The van der Waals surface area contributed by atoms with Gasteiger partial charge in [-0.15, -0.1) is 12.4 Å². The van der Waals surface area contributed by atoms with Gasteiger partial charge >= 0.3 is 5.97 Å². The van der Waals surface area contributed by atoms with Crippen molar-refractivity contribution in [3.63, 3.8) is 0 Å². The second kappa shape index (κ2) is 11.0. The molecule has 0 fully saturated rings. The fourth-order valence-electron chi connectivity index (χ4n) is 3.41. The van der Waals surface area contributed by atoms with Crippen LogP contribution >= 0.6 is 12.4 Å². The first-order valence-electron chi connectivity index (χ1n) is 9.42. The molecule has 0 unspecified atom stereocenters. The molecule has 0 radical (unpaired) electrons. The van der Waals surface area contributed by atoms with E-state index in [1.807, 2.05) is 12.1 Å². The molecule has 4 nitrogen and oxygen atoms in total. The number of carbonyl (C=O) groups is 1. The van der Waals surface area contributed by atoms with Crippen molar-refractivity contribution in [3.05, 3.63) is 65.2 Å². The van der Waals surface area contributed by atoms with Crippen molar-refractivity contribution < 1.29 is 14.3 Å². The molecule has 2 aromatic carbocycles. The lowest BCUT2D eigenvalue weighted by molar-refractivity contribution is -0.145. The van der Waals surface area contributed by atoms with Crippen LogP contribution in [0.1, 0.15) is 36.5 Å². The van der Waals surface area contributed by atoms with Crippen LogP contribution in [0.2, 0.25) is 0 Å². The van der Waals surface area contributed by atoms with Crippen LogP contribution in [0.5, 0.6) is 5.75 Å². The average molecular weight is 390 g/mol. The maximum atomic E-state index is 11.5. The molecule has 146 valence electrons. The number of nitrogens with one attached hydrogen (secondary N) is 1. The van der Waals surface area contributed by atoms with Gasteiger partial charge in [-0.25, -0.2) is 4.79 Å². The Bertz CT molecular complexity index is 721. The Kier molecular flexibility index (Phi) is 8.62. The summed E-state index contributed by atoms with van der Waals surface area (Å²) < 4.78 is 10.5. The van der Waals surface area contributed by atoms with Crippen LogP contribution < -0.4 is 10.1 Å². The maximum Gasteiger partial charge on any atom is 0.344 e. The zero-order chi connectivity index (χ0) is 18.2. The SMILES string of the molecule is CCOC(=O)COc1ccc2c(c1)C[C@@H](NCc1ccccc1)CCC2.Cl. The Morgan fingerprint density at radius 1 is 1.15 bits per heavy atom. The van der Waals surface area contributed by atoms with Crippen LogP contribution in [-0.4, -0.2) is 25.2 Å². The molecular formula is C22H28ClNO3. The number of halogens is 1. The molecule has 0 amide bonds. The van der Waals surface area contributed by atoms with Gasteiger partial charge in [-0.1, -0.05) is 36.4 Å². The highest BCUT2D eigenvalue weighted by Crippen LogP contribution is 2.25. The first-order valence-corrected chi connectivity index (χ1v) is 9.42. The van der Waals surface area contributed by atoms with E-state index < -0.39 is 0 Å². The third-order valence-corrected chi connectivity index (χ3v) is 4.74. The normalized spacial score (nSPS) is 15.8. The van der Waals surface area contributed by atoms with E-state index >= 15 is 0 Å². The van der Waals surface area contributed by atoms with Crippen LogP contribution in [-0.2, 0) is 28.9 Å². The Balaban J connectivity index is 0.00000261. The van der Waals surface area contributed by atoms with Gasteiger partial charge in [0.15, 0.2) is 6.61 Å². The number of hydrogen-bond acceptors (Lipinski definition) is 4. The quantitative estimate of drug-likeness (QED) is 0.572. The van der Waals surface area contributed by atoms with E-state index in [1.165, 1.54) is 29.5 Å². The van der Waals surface area contributed by atoms with E-state index in [4.69, 9.17) is 9.47 Å². The Labute approximate surface area is 167 Å². The summed E-state index contributed by atoms with van der Waals surface area (Å²) in [7, 11) is 0. The highest BCUT2D eigenvalue weighted by atomic mass is 35.5. The van der Waals surface area contributed by atoms with Gasteiger partial charge in [0.2, 0.25) is 0 Å². The van der Waals surface area contributed by atoms with Crippen LogP contribution in [0.3, 0.4) is 0 Å². The predicted octanol–water partition coefficient (Wildman–Crippen LogP) is 4.09. The Hall–Kier alpha value is -2.04. The molecule has 0 aliphatic heterocycles. The fraction of sp³-hybridized carbons (Fsp3) is 0.409. The van der Waals surface area contributed by atoms with Crippen LogP contribution in [0.25, 0.3) is 0 Å². The molecule has 27 heavy (non-hydrogen) atoms. The molecule has 0 spiro atoms. The van der Waals surface area contributed by atoms with Crippen molar-refractivity contribution in [2.45, 2.75) is 45.2 Å². The van der Waals surface area contributed by atoms with Crippen molar-refractivity contribution >= 4 is 18.4 Å². The summed E-state index contributed by atoms with van der Waals surface area (Å²) in [5, 5.41) is 3.69. The molecule has 0 bridgehead atoms. The summed E-state index contributed by atoms with van der Waals surface area (Å²) in [6.07, 6.45) is 4.43. The zero-order valence-electron chi connectivity index (χ0n) is 15.8. The van der Waals surface area contributed by atoms with E-state index in [1.54, 1.807) is 6.92 Å². The first kappa shape index (κ1) is 21.3. The summed E-state index contributed by atoms with van der Waals surface area (Å²) >= 11 is 0. The zero-order valence-corrected chi connectivity index (χ0v) is 16.6. The second-order valence-corrected chi connectivity index (χ2v) is 6.68. The minimum absolute atomic E-state index is 0. The summed E-state index contributed by atoms with van der Waals surface area (Å²) in [5.41, 5.74) is 4.01. The van der Waals surface area contributed by atoms with Gasteiger partial charge in [-0.3, -0.25) is 0 Å². The highest BCUT2D eigenvalue weighted by molar-refractivity contribution is 5.85. The minimum atomic E-state index is -0.329. The number of aryl methyl sites for hydroxylation is 1. The lowest BCUT2D eigenvalue weighted by Gasteiger charge is -2.17. The number of esters is 1. The predicted molar refractivity (Wildman–Crippen MR) is 110 cm³/mol. The average Bonchev–Trinajstić information content (AvgIpc) is 2.87. The third-order valence-electron chi connectivity index (χ3n) is 4.74. The summed E-state index contributed by atoms with van der Waals surface area (Å²) in [6.45, 7) is 3.02. The maximum absolute atomic E-state index is 11.5. The molecule has 1 aliphatic carbocycles. The van der Waals surface area contributed by atoms with Gasteiger partial charge < -0.3 is 14.8 Å². The van der Waals surface area contributed by atoms with Crippen molar-refractivity contribution in [1.82, 2.24) is 5.32 Å². The molecule has 3 rings (SSSR count). The molecule has 1 aliphatic rings. The summed E-state index contributed by atoms with van der Waals surface area (Å²) in [5.74, 6) is 0.408. The standard InChI is InChI=1S/C22H27NO3.ClH/c1-2-25-22(24)16-26-21-12-11-18-9-6-10-20(13-19(18)14-21)23-15-17-7-4-3-5-8-17;/h3-5,7-8,11-12,14,20,23H,2,6,9-10,13,15-16H2,1H3;1H/t20-;/m0./s1. The number of fused-ring (bicyclic) bond motifs is 1. The Morgan fingerprint density at radius 3 is 2.74 bits per heavy atom. The van der Waals surface area contributed by atoms with E-state index in [-0.39, 0.29) is 25.0 Å². The van der Waals surface area contributed by atoms with Crippen molar-refractivity contribution in [1.29, 1.82) is 0 Å². The van der Waals surface area contributed by atoms with Crippen molar-refractivity contribution in [3.8, 4) is 5.75 Å². The molecule has 0 saturated heterocycles. The summed E-state index contributed by atoms with van der Waals surface area (Å²) in [6, 6.07) is 17.1. The Morgan fingerprint density at radius 2 is 1.96 bits per heavy atom. The topological polar surface area (TPSA) is 47.6 Å². The minimum Gasteiger partial charge on any atom is -0.482 e. The van der Waals surface area contributed by atoms with Crippen molar-refractivity contribution in [2.24, 2.45) is 0 Å². The summed E-state index contributed by atoms with van der Waals surface area (Å²) in [4.78, 5) is 11.5. The number of carbonyl (C=O) groups excluding carboxylic acids is 1. The molecule has 1 N–H and O–H groups in total. The molecule has 0 aromatic heterocycles. The van der Waals surface area contributed by atoms with Gasteiger partial charge in [0, 0.05) is 12.6 Å². The number of ether oxygens (including phenoxy) is 2. The molecule has 1 atom stereocenters. The van der Waals surface area contributed by atoms with Crippen LogP contribution in [0.15, 0.2) is 48.5 Å². The highest BCUT2D eigenvalue weighted by Gasteiger charge is 2.17. The monoisotopic (exact) mass is 389 g/mol. The lowest BCUT2D eigenvalue weighted by Crippen LogP contribution is -2.30. The third kappa shape index (κ3) is 6.56. The van der Waals surface area contributed by atoms with Crippen LogP contribution in [0, 0.1) is 0 Å². The van der Waals surface area contributed by atoms with E-state index in [9.17, 15) is 4.79 Å². The van der Waals surface area contributed by atoms with E-state index in [0.29, 0.717) is 12.6 Å². The van der Waals surface area contributed by atoms with Crippen LogP contribution in [0.4, 0.5) is 0 Å². The van der Waals surface area contributed by atoms with E-state index in [0.717, 1.165) is 25.1 Å². The van der Waals surface area contributed by atoms with Gasteiger partial charge in [0.1, 0.15) is 5.75 Å². The number of hydrogen-bond donors (Lipinski definition) is 1. The second-order valence-electron chi connectivity index (χ2n) is 6.68. The lowest BCUT2D eigenvalue weighted by atomic mass is 10.0.